The lowest BCUT2D eigenvalue weighted by atomic mass is 10.1. The van der Waals surface area contributed by atoms with Crippen LogP contribution in [0.2, 0.25) is 0 Å². The van der Waals surface area contributed by atoms with E-state index in [0.29, 0.717) is 0 Å². The lowest BCUT2D eigenvalue weighted by molar-refractivity contribution is 0.223. The summed E-state index contributed by atoms with van der Waals surface area (Å²) in [5.41, 5.74) is 4.68. The first-order valence-corrected chi connectivity index (χ1v) is 8.35. The zero-order chi connectivity index (χ0) is 16.9. The van der Waals surface area contributed by atoms with Gasteiger partial charge in [0.15, 0.2) is 0 Å². The van der Waals surface area contributed by atoms with E-state index in [1.807, 2.05) is 30.5 Å². The number of aromatic nitrogens is 3. The van der Waals surface area contributed by atoms with E-state index in [4.69, 9.17) is 4.42 Å². The number of rotatable bonds is 7. The van der Waals surface area contributed by atoms with Crippen molar-refractivity contribution < 1.29 is 4.42 Å². The fourth-order valence-corrected chi connectivity index (χ4v) is 3.01. The van der Waals surface area contributed by atoms with Crippen molar-refractivity contribution in [3.05, 3.63) is 71.2 Å². The zero-order valence-corrected chi connectivity index (χ0v) is 14.6. The Bertz CT molecular complexity index is 762. The van der Waals surface area contributed by atoms with Crippen LogP contribution in [0.3, 0.4) is 0 Å². The van der Waals surface area contributed by atoms with E-state index >= 15 is 0 Å². The number of nitrogens with zero attached hydrogens (tertiary/aromatic N) is 4. The predicted octanol–water partition coefficient (Wildman–Crippen LogP) is 3.71. The highest BCUT2D eigenvalue weighted by atomic mass is 16.3. The molecule has 0 aliphatic carbocycles. The van der Waals surface area contributed by atoms with Crippen molar-refractivity contribution in [1.29, 1.82) is 0 Å². The van der Waals surface area contributed by atoms with E-state index in [1.165, 1.54) is 11.3 Å². The molecular formula is C19H24N4O. The topological polar surface area (TPSA) is 47.1 Å². The molecule has 3 heterocycles. The molecule has 0 fully saturated rings. The highest BCUT2D eigenvalue weighted by Crippen LogP contribution is 2.19. The highest BCUT2D eigenvalue weighted by Gasteiger charge is 2.16. The van der Waals surface area contributed by atoms with Gasteiger partial charge in [-0.05, 0) is 45.0 Å². The van der Waals surface area contributed by atoms with E-state index in [1.54, 1.807) is 6.26 Å². The molecule has 0 saturated carbocycles. The summed E-state index contributed by atoms with van der Waals surface area (Å²) in [4.78, 5) is 6.81. The quantitative estimate of drug-likeness (QED) is 0.665. The summed E-state index contributed by atoms with van der Waals surface area (Å²) in [6, 6.07) is 9.98. The van der Waals surface area contributed by atoms with Crippen LogP contribution in [0.5, 0.6) is 0 Å². The van der Waals surface area contributed by atoms with E-state index in [2.05, 4.69) is 46.5 Å². The van der Waals surface area contributed by atoms with Crippen LogP contribution in [-0.4, -0.2) is 19.7 Å². The van der Waals surface area contributed by atoms with Gasteiger partial charge < -0.3 is 4.42 Å². The van der Waals surface area contributed by atoms with Gasteiger partial charge in [-0.2, -0.15) is 5.10 Å². The van der Waals surface area contributed by atoms with Gasteiger partial charge in [-0.15, -0.1) is 0 Å². The summed E-state index contributed by atoms with van der Waals surface area (Å²) in [6.45, 7) is 9.60. The first-order chi connectivity index (χ1) is 11.7. The fraction of sp³-hybridized carbons (Fsp3) is 0.368. The summed E-state index contributed by atoms with van der Waals surface area (Å²) in [6.07, 6.45) is 3.56. The Morgan fingerprint density at radius 2 is 1.96 bits per heavy atom. The molecular weight excluding hydrogens is 300 g/mol. The molecule has 0 N–H and O–H groups in total. The second-order valence-electron chi connectivity index (χ2n) is 6.01. The van der Waals surface area contributed by atoms with Crippen molar-refractivity contribution in [2.24, 2.45) is 0 Å². The Morgan fingerprint density at radius 1 is 1.08 bits per heavy atom. The Morgan fingerprint density at radius 3 is 2.58 bits per heavy atom. The normalized spacial score (nSPS) is 11.3. The largest absolute Gasteiger partial charge is 0.468 e. The third-order valence-electron chi connectivity index (χ3n) is 4.28. The van der Waals surface area contributed by atoms with Crippen molar-refractivity contribution in [2.45, 2.75) is 47.0 Å². The maximum absolute atomic E-state index is 5.54. The molecule has 0 aliphatic rings. The van der Waals surface area contributed by atoms with Crippen molar-refractivity contribution in [3.63, 3.8) is 0 Å². The number of aryl methyl sites for hydroxylation is 2. The lowest BCUT2D eigenvalue weighted by Gasteiger charge is -2.21. The molecule has 0 amide bonds. The number of hydrogen-bond acceptors (Lipinski definition) is 4. The molecule has 0 spiro atoms. The minimum atomic E-state index is 0.750. The van der Waals surface area contributed by atoms with Gasteiger partial charge in [0.1, 0.15) is 5.76 Å². The number of hydrogen-bond donors (Lipinski definition) is 0. The van der Waals surface area contributed by atoms with Gasteiger partial charge in [0.25, 0.3) is 0 Å². The van der Waals surface area contributed by atoms with Crippen molar-refractivity contribution in [2.75, 3.05) is 0 Å². The van der Waals surface area contributed by atoms with Crippen LogP contribution < -0.4 is 0 Å². The van der Waals surface area contributed by atoms with Crippen molar-refractivity contribution in [3.8, 4) is 0 Å². The minimum absolute atomic E-state index is 0.750. The first-order valence-electron chi connectivity index (χ1n) is 8.35. The van der Waals surface area contributed by atoms with E-state index in [0.717, 1.165) is 43.3 Å². The molecule has 3 aromatic heterocycles. The maximum Gasteiger partial charge on any atom is 0.117 e. The second kappa shape index (κ2) is 7.45. The van der Waals surface area contributed by atoms with Gasteiger partial charge in [-0.25, -0.2) is 0 Å². The molecule has 3 aromatic rings. The van der Waals surface area contributed by atoms with Gasteiger partial charge in [-0.3, -0.25) is 14.6 Å². The summed E-state index contributed by atoms with van der Waals surface area (Å²) in [5, 5.41) is 4.64. The molecule has 0 unspecified atom stereocenters. The van der Waals surface area contributed by atoms with Crippen LogP contribution in [0, 0.1) is 13.8 Å². The predicted molar refractivity (Wildman–Crippen MR) is 93.3 cm³/mol. The SMILES string of the molecule is CCn1nc(C)c(CN(Cc2ccccn2)Cc2ccco2)c1C. The molecule has 0 radical (unpaired) electrons. The first kappa shape index (κ1) is 16.5. The third-order valence-corrected chi connectivity index (χ3v) is 4.28. The van der Waals surface area contributed by atoms with Gasteiger partial charge in [0.2, 0.25) is 0 Å². The summed E-state index contributed by atoms with van der Waals surface area (Å²) < 4.78 is 7.61. The Labute approximate surface area is 142 Å². The van der Waals surface area contributed by atoms with E-state index in [9.17, 15) is 0 Å². The molecule has 5 nitrogen and oxygen atoms in total. The van der Waals surface area contributed by atoms with E-state index < -0.39 is 0 Å². The van der Waals surface area contributed by atoms with Crippen LogP contribution in [0.15, 0.2) is 47.2 Å². The minimum Gasteiger partial charge on any atom is -0.468 e. The Balaban J connectivity index is 1.83. The van der Waals surface area contributed by atoms with Gasteiger partial charge in [0, 0.05) is 37.1 Å². The molecule has 5 heteroatoms. The van der Waals surface area contributed by atoms with Gasteiger partial charge in [-0.1, -0.05) is 6.07 Å². The van der Waals surface area contributed by atoms with Crippen LogP contribution in [-0.2, 0) is 26.2 Å². The third kappa shape index (κ3) is 3.74. The number of pyridine rings is 1. The second-order valence-corrected chi connectivity index (χ2v) is 6.01. The standard InChI is InChI=1S/C19H24N4O/c1-4-23-16(3)19(15(2)21-23)14-22(13-18-9-7-11-24-18)12-17-8-5-6-10-20-17/h5-11H,4,12-14H2,1-3H3. The summed E-state index contributed by atoms with van der Waals surface area (Å²) in [5.74, 6) is 0.962. The molecule has 0 aliphatic heterocycles. The fourth-order valence-electron chi connectivity index (χ4n) is 3.01. The Kier molecular flexibility index (Phi) is 5.11. The highest BCUT2D eigenvalue weighted by molar-refractivity contribution is 5.24. The zero-order valence-electron chi connectivity index (χ0n) is 14.6. The molecule has 24 heavy (non-hydrogen) atoms. The molecule has 0 saturated heterocycles. The maximum atomic E-state index is 5.54. The van der Waals surface area contributed by atoms with Crippen LogP contribution in [0.25, 0.3) is 0 Å². The van der Waals surface area contributed by atoms with Crippen molar-refractivity contribution in [1.82, 2.24) is 19.7 Å². The van der Waals surface area contributed by atoms with Crippen LogP contribution in [0.4, 0.5) is 0 Å². The average Bonchev–Trinajstić information content (AvgIpc) is 3.19. The van der Waals surface area contributed by atoms with Crippen molar-refractivity contribution >= 4 is 0 Å². The van der Waals surface area contributed by atoms with E-state index in [-0.39, 0.29) is 0 Å². The smallest absolute Gasteiger partial charge is 0.117 e. The Hall–Kier alpha value is -2.40. The van der Waals surface area contributed by atoms with Gasteiger partial charge in [0.05, 0.1) is 24.2 Å². The summed E-state index contributed by atoms with van der Waals surface area (Å²) in [7, 11) is 0. The molecule has 0 aromatic carbocycles. The molecule has 0 atom stereocenters. The van der Waals surface area contributed by atoms with Crippen LogP contribution >= 0.6 is 0 Å². The molecule has 3 rings (SSSR count). The molecule has 126 valence electrons. The van der Waals surface area contributed by atoms with Crippen LogP contribution in [0.1, 0.15) is 35.3 Å². The van der Waals surface area contributed by atoms with Gasteiger partial charge >= 0.3 is 0 Å². The lowest BCUT2D eigenvalue weighted by Crippen LogP contribution is -2.23. The summed E-state index contributed by atoms with van der Waals surface area (Å²) >= 11 is 0. The number of furan rings is 1. The monoisotopic (exact) mass is 324 g/mol. The average molecular weight is 324 g/mol. The molecule has 0 bridgehead atoms.